The normalized spacial score (nSPS) is 22.2. The molecule has 2 aromatic carbocycles. The summed E-state index contributed by atoms with van der Waals surface area (Å²) in [5.74, 6) is -0.771. The largest absolute Gasteiger partial charge is 0.508 e. The van der Waals surface area contributed by atoms with E-state index in [9.17, 15) is 19.4 Å². The van der Waals surface area contributed by atoms with Crippen LogP contribution in [0.1, 0.15) is 48.8 Å². The molecule has 1 saturated carbocycles. The molecule has 1 aliphatic heterocycles. The van der Waals surface area contributed by atoms with E-state index in [1.165, 1.54) is 12.1 Å². The summed E-state index contributed by atoms with van der Waals surface area (Å²) in [6, 6.07) is 11.8. The van der Waals surface area contributed by atoms with Gasteiger partial charge in [-0.3, -0.25) is 4.79 Å². The number of ether oxygens (including phenoxy) is 1. The second kappa shape index (κ2) is 7.43. The lowest BCUT2D eigenvalue weighted by molar-refractivity contribution is -0.145. The summed E-state index contributed by atoms with van der Waals surface area (Å²) in [7, 11) is 0. The molecule has 0 amide bonds. The standard InChI is InChI=1S/C24H24FNO4/c25-17-1-3-18(4-2-17)26-21-6-5-19(27)13-20(21)22(15-11-16(12-15)24(28)29)23(26)14-7-9-30-10-8-14/h1-6,13-16,27H,7-12H2,(H,28,29)/t15-,16+. The number of benzene rings is 2. The van der Waals surface area contributed by atoms with Crippen molar-refractivity contribution in [1.82, 2.24) is 4.57 Å². The van der Waals surface area contributed by atoms with Crippen LogP contribution in [-0.4, -0.2) is 34.0 Å². The highest BCUT2D eigenvalue weighted by Crippen LogP contribution is 2.50. The van der Waals surface area contributed by atoms with Crippen molar-refractivity contribution in [3.63, 3.8) is 0 Å². The molecule has 1 saturated heterocycles. The van der Waals surface area contributed by atoms with Crippen LogP contribution in [0.3, 0.4) is 0 Å². The monoisotopic (exact) mass is 409 g/mol. The minimum atomic E-state index is -0.746. The average molecular weight is 409 g/mol. The first-order chi connectivity index (χ1) is 14.5. The van der Waals surface area contributed by atoms with Crippen molar-refractivity contribution in [3.05, 3.63) is 59.5 Å². The lowest BCUT2D eigenvalue weighted by atomic mass is 9.69. The van der Waals surface area contributed by atoms with E-state index < -0.39 is 5.97 Å². The summed E-state index contributed by atoms with van der Waals surface area (Å²) >= 11 is 0. The van der Waals surface area contributed by atoms with Crippen molar-refractivity contribution >= 4 is 16.9 Å². The van der Waals surface area contributed by atoms with Gasteiger partial charge in [-0.2, -0.15) is 0 Å². The number of carboxylic acids is 1. The predicted octanol–water partition coefficient (Wildman–Crippen LogP) is 4.95. The molecule has 2 fully saturated rings. The third kappa shape index (κ3) is 3.16. The van der Waals surface area contributed by atoms with E-state index in [2.05, 4.69) is 4.57 Å². The van der Waals surface area contributed by atoms with Crippen molar-refractivity contribution in [1.29, 1.82) is 0 Å². The number of nitrogens with zero attached hydrogens (tertiary/aromatic N) is 1. The van der Waals surface area contributed by atoms with Gasteiger partial charge in [0, 0.05) is 35.9 Å². The fourth-order valence-electron chi connectivity index (χ4n) is 5.05. The first kappa shape index (κ1) is 19.1. The van der Waals surface area contributed by atoms with Crippen molar-refractivity contribution < 1.29 is 24.1 Å². The van der Waals surface area contributed by atoms with Crippen molar-refractivity contribution in [2.45, 2.75) is 37.5 Å². The van der Waals surface area contributed by atoms with Gasteiger partial charge in [0.1, 0.15) is 11.6 Å². The van der Waals surface area contributed by atoms with Crippen LogP contribution in [0.4, 0.5) is 4.39 Å². The van der Waals surface area contributed by atoms with Gasteiger partial charge in [0.2, 0.25) is 0 Å². The summed E-state index contributed by atoms with van der Waals surface area (Å²) in [5.41, 5.74) is 4.11. The molecule has 2 N–H and O–H groups in total. The molecule has 5 rings (SSSR count). The lowest BCUT2D eigenvalue weighted by Crippen LogP contribution is -2.30. The summed E-state index contributed by atoms with van der Waals surface area (Å²) in [4.78, 5) is 11.4. The van der Waals surface area contributed by atoms with Crippen LogP contribution in [0, 0.1) is 11.7 Å². The number of hydrogen-bond acceptors (Lipinski definition) is 3. The first-order valence-electron chi connectivity index (χ1n) is 10.5. The Morgan fingerprint density at radius 3 is 2.40 bits per heavy atom. The Hall–Kier alpha value is -2.86. The molecule has 1 aromatic heterocycles. The molecule has 0 spiro atoms. The van der Waals surface area contributed by atoms with Gasteiger partial charge in [-0.25, -0.2) is 4.39 Å². The first-order valence-corrected chi connectivity index (χ1v) is 10.5. The molecule has 0 unspecified atom stereocenters. The molecule has 0 radical (unpaired) electrons. The van der Waals surface area contributed by atoms with Gasteiger partial charge in [0.25, 0.3) is 0 Å². The maximum absolute atomic E-state index is 13.6. The molecule has 6 heteroatoms. The van der Waals surface area contributed by atoms with E-state index in [1.54, 1.807) is 24.3 Å². The van der Waals surface area contributed by atoms with Crippen LogP contribution in [0.25, 0.3) is 16.6 Å². The zero-order valence-corrected chi connectivity index (χ0v) is 16.6. The quantitative estimate of drug-likeness (QED) is 0.640. The molecule has 3 aromatic rings. The van der Waals surface area contributed by atoms with E-state index in [0.717, 1.165) is 40.7 Å². The molecule has 30 heavy (non-hydrogen) atoms. The second-order valence-electron chi connectivity index (χ2n) is 8.40. The zero-order valence-electron chi connectivity index (χ0n) is 16.6. The number of hydrogen-bond donors (Lipinski definition) is 2. The third-order valence-electron chi connectivity index (χ3n) is 6.62. The van der Waals surface area contributed by atoms with Gasteiger partial charge in [0.15, 0.2) is 0 Å². The number of aromatic nitrogens is 1. The fourth-order valence-corrected chi connectivity index (χ4v) is 5.05. The highest BCUT2D eigenvalue weighted by molar-refractivity contribution is 5.90. The summed E-state index contributed by atoms with van der Waals surface area (Å²) in [6.07, 6.45) is 2.96. The number of aliphatic carboxylic acids is 1. The molecule has 2 heterocycles. The molecular weight excluding hydrogens is 385 g/mol. The summed E-state index contributed by atoms with van der Waals surface area (Å²) in [5, 5.41) is 20.6. The van der Waals surface area contributed by atoms with E-state index in [1.807, 2.05) is 6.07 Å². The van der Waals surface area contributed by atoms with Crippen LogP contribution in [0.2, 0.25) is 0 Å². The van der Waals surface area contributed by atoms with Crippen molar-refractivity contribution in [2.75, 3.05) is 13.2 Å². The number of fused-ring (bicyclic) bond motifs is 1. The number of phenolic OH excluding ortho intramolecular Hbond substituents is 1. The number of aromatic hydroxyl groups is 1. The SMILES string of the molecule is O=C(O)[C@H]1C[C@@H](c2c(C3CCOCC3)n(-c3ccc(F)cc3)c3ccc(O)cc32)C1. The third-order valence-corrected chi connectivity index (χ3v) is 6.62. The van der Waals surface area contributed by atoms with Gasteiger partial charge in [-0.15, -0.1) is 0 Å². The van der Waals surface area contributed by atoms with E-state index in [4.69, 9.17) is 4.74 Å². The van der Waals surface area contributed by atoms with Gasteiger partial charge in [0.05, 0.1) is 11.4 Å². The Labute approximate surface area is 173 Å². The van der Waals surface area contributed by atoms with E-state index in [0.29, 0.717) is 26.1 Å². The van der Waals surface area contributed by atoms with Crippen LogP contribution < -0.4 is 0 Å². The maximum atomic E-state index is 13.6. The van der Waals surface area contributed by atoms with Crippen LogP contribution in [-0.2, 0) is 9.53 Å². The van der Waals surface area contributed by atoms with Gasteiger partial charge in [-0.05, 0) is 79.6 Å². The molecule has 0 bridgehead atoms. The number of halogens is 1. The number of phenols is 1. The van der Waals surface area contributed by atoms with E-state index >= 15 is 0 Å². The van der Waals surface area contributed by atoms with Crippen LogP contribution in [0.5, 0.6) is 5.75 Å². The van der Waals surface area contributed by atoms with Crippen molar-refractivity contribution in [3.8, 4) is 11.4 Å². The van der Waals surface area contributed by atoms with Gasteiger partial charge >= 0.3 is 5.97 Å². The Kier molecular flexibility index (Phi) is 4.74. The zero-order chi connectivity index (χ0) is 20.8. The van der Waals surface area contributed by atoms with Gasteiger partial charge in [-0.1, -0.05) is 0 Å². The summed E-state index contributed by atoms with van der Waals surface area (Å²) in [6.45, 7) is 1.37. The Balaban J connectivity index is 1.74. The fraction of sp³-hybridized carbons (Fsp3) is 0.375. The maximum Gasteiger partial charge on any atom is 0.306 e. The van der Waals surface area contributed by atoms with E-state index in [-0.39, 0.29) is 29.3 Å². The Morgan fingerprint density at radius 2 is 1.73 bits per heavy atom. The van der Waals surface area contributed by atoms with Gasteiger partial charge < -0.3 is 19.5 Å². The molecule has 2 aliphatic rings. The minimum Gasteiger partial charge on any atom is -0.508 e. The topological polar surface area (TPSA) is 71.7 Å². The molecule has 0 atom stereocenters. The number of carboxylic acid groups (broad SMARTS) is 1. The Bertz CT molecular complexity index is 1090. The smallest absolute Gasteiger partial charge is 0.306 e. The highest BCUT2D eigenvalue weighted by atomic mass is 19.1. The molecule has 156 valence electrons. The highest BCUT2D eigenvalue weighted by Gasteiger charge is 2.40. The second-order valence-corrected chi connectivity index (χ2v) is 8.40. The number of rotatable bonds is 4. The molecular formula is C24H24FNO4. The molecule has 1 aliphatic carbocycles. The summed E-state index contributed by atoms with van der Waals surface area (Å²) < 4.78 is 21.4. The Morgan fingerprint density at radius 1 is 1.03 bits per heavy atom. The average Bonchev–Trinajstić information content (AvgIpc) is 3.02. The van der Waals surface area contributed by atoms with Crippen molar-refractivity contribution in [2.24, 2.45) is 5.92 Å². The number of carbonyl (C=O) groups is 1. The van der Waals surface area contributed by atoms with Crippen LogP contribution in [0.15, 0.2) is 42.5 Å². The predicted molar refractivity (Wildman–Crippen MR) is 111 cm³/mol. The van der Waals surface area contributed by atoms with Crippen LogP contribution >= 0.6 is 0 Å². The lowest BCUT2D eigenvalue weighted by Gasteiger charge is -2.35. The molecule has 5 nitrogen and oxygen atoms in total. The minimum absolute atomic E-state index is 0.134.